The van der Waals surface area contributed by atoms with Gasteiger partial charge in [0.15, 0.2) is 0 Å². The minimum atomic E-state index is 0.0441. The molecule has 0 saturated carbocycles. The smallest absolute Gasteiger partial charge is 0.227 e. The molecule has 5 nitrogen and oxygen atoms in total. The van der Waals surface area contributed by atoms with E-state index in [1.54, 1.807) is 23.6 Å². The molecule has 1 amide bonds. The second-order valence-corrected chi connectivity index (χ2v) is 7.33. The lowest BCUT2D eigenvalue weighted by Crippen LogP contribution is -2.40. The molecular formula is C18H18N4OS. The SMILES string of the molecule is N#Cc1ccc(N2CCC(C(=O)N3CCc4sccc4C3)C2)nc1. The van der Waals surface area contributed by atoms with Gasteiger partial charge in [0.05, 0.1) is 11.5 Å². The van der Waals surface area contributed by atoms with Crippen molar-refractivity contribution >= 4 is 23.1 Å². The third-order valence-corrected chi connectivity index (χ3v) is 5.88. The van der Waals surface area contributed by atoms with Crippen molar-refractivity contribution in [3.63, 3.8) is 0 Å². The molecule has 2 aromatic heterocycles. The first kappa shape index (κ1) is 15.2. The molecule has 0 N–H and O–H groups in total. The van der Waals surface area contributed by atoms with E-state index in [4.69, 9.17) is 5.26 Å². The molecule has 0 bridgehead atoms. The van der Waals surface area contributed by atoms with Crippen molar-refractivity contribution in [2.24, 2.45) is 5.92 Å². The largest absolute Gasteiger partial charge is 0.356 e. The van der Waals surface area contributed by atoms with Crippen LogP contribution in [0.15, 0.2) is 29.8 Å². The fourth-order valence-electron chi connectivity index (χ4n) is 3.50. The predicted molar refractivity (Wildman–Crippen MR) is 92.7 cm³/mol. The quantitative estimate of drug-likeness (QED) is 0.844. The van der Waals surface area contributed by atoms with Crippen molar-refractivity contribution in [2.45, 2.75) is 19.4 Å². The summed E-state index contributed by atoms with van der Waals surface area (Å²) in [7, 11) is 0. The highest BCUT2D eigenvalue weighted by Crippen LogP contribution is 2.28. The number of amides is 1. The Morgan fingerprint density at radius 2 is 2.25 bits per heavy atom. The maximum atomic E-state index is 12.8. The predicted octanol–water partition coefficient (Wildman–Crippen LogP) is 2.43. The van der Waals surface area contributed by atoms with Crippen LogP contribution in [0.2, 0.25) is 0 Å². The average Bonchev–Trinajstić information content (AvgIpc) is 3.30. The molecule has 2 aromatic rings. The topological polar surface area (TPSA) is 60.2 Å². The Morgan fingerprint density at radius 3 is 3.04 bits per heavy atom. The molecule has 0 spiro atoms. The molecule has 0 radical (unpaired) electrons. The number of nitriles is 1. The number of rotatable bonds is 2. The number of pyridine rings is 1. The summed E-state index contributed by atoms with van der Waals surface area (Å²) in [6.45, 7) is 3.14. The molecule has 2 aliphatic rings. The van der Waals surface area contributed by atoms with E-state index in [9.17, 15) is 4.79 Å². The van der Waals surface area contributed by atoms with Crippen LogP contribution in [0.4, 0.5) is 5.82 Å². The monoisotopic (exact) mass is 338 g/mol. The van der Waals surface area contributed by atoms with E-state index in [2.05, 4.69) is 27.4 Å². The molecule has 122 valence electrons. The highest BCUT2D eigenvalue weighted by Gasteiger charge is 2.33. The number of anilines is 1. The minimum absolute atomic E-state index is 0.0441. The molecule has 0 aromatic carbocycles. The van der Waals surface area contributed by atoms with Crippen LogP contribution in [0.1, 0.15) is 22.4 Å². The van der Waals surface area contributed by atoms with Crippen molar-refractivity contribution in [3.8, 4) is 6.07 Å². The zero-order valence-corrected chi connectivity index (χ0v) is 14.1. The van der Waals surface area contributed by atoms with Crippen LogP contribution in [0, 0.1) is 17.2 Å². The molecule has 1 saturated heterocycles. The number of aromatic nitrogens is 1. The number of hydrogen-bond acceptors (Lipinski definition) is 5. The first-order valence-electron chi connectivity index (χ1n) is 8.20. The standard InChI is InChI=1S/C18H18N4OS/c19-9-13-1-2-17(20-10-13)21-6-3-15(12-21)18(23)22-7-4-16-14(11-22)5-8-24-16/h1-2,5,8,10,15H,3-4,6-7,11-12H2. The van der Waals surface area contributed by atoms with Crippen LogP contribution in [0.25, 0.3) is 0 Å². The summed E-state index contributed by atoms with van der Waals surface area (Å²) < 4.78 is 0. The van der Waals surface area contributed by atoms with E-state index in [1.807, 2.05) is 11.0 Å². The fourth-order valence-corrected chi connectivity index (χ4v) is 4.39. The van der Waals surface area contributed by atoms with Gasteiger partial charge in [-0.1, -0.05) is 0 Å². The number of thiophene rings is 1. The number of hydrogen-bond donors (Lipinski definition) is 0. The molecule has 1 fully saturated rings. The van der Waals surface area contributed by atoms with Crippen molar-refractivity contribution < 1.29 is 4.79 Å². The van der Waals surface area contributed by atoms with Gasteiger partial charge in [0, 0.05) is 37.3 Å². The van der Waals surface area contributed by atoms with Crippen molar-refractivity contribution in [2.75, 3.05) is 24.5 Å². The molecule has 1 atom stereocenters. The van der Waals surface area contributed by atoms with Gasteiger partial charge in [-0.15, -0.1) is 11.3 Å². The summed E-state index contributed by atoms with van der Waals surface area (Å²) in [6, 6.07) is 7.86. The molecule has 4 heterocycles. The summed E-state index contributed by atoms with van der Waals surface area (Å²) >= 11 is 1.79. The van der Waals surface area contributed by atoms with E-state index in [1.165, 1.54) is 10.4 Å². The lowest BCUT2D eigenvalue weighted by molar-refractivity contribution is -0.135. The molecular weight excluding hydrogens is 320 g/mol. The van der Waals surface area contributed by atoms with Gasteiger partial charge >= 0.3 is 0 Å². The normalized spacial score (nSPS) is 19.9. The van der Waals surface area contributed by atoms with Crippen molar-refractivity contribution in [1.29, 1.82) is 5.26 Å². The van der Waals surface area contributed by atoms with Crippen LogP contribution < -0.4 is 4.90 Å². The summed E-state index contributed by atoms with van der Waals surface area (Å²) in [5, 5.41) is 11.0. The van der Waals surface area contributed by atoms with Crippen LogP contribution in [-0.4, -0.2) is 35.4 Å². The average molecular weight is 338 g/mol. The van der Waals surface area contributed by atoms with E-state index in [0.717, 1.165) is 38.3 Å². The summed E-state index contributed by atoms with van der Waals surface area (Å²) in [5.41, 5.74) is 1.87. The third-order valence-electron chi connectivity index (χ3n) is 4.86. The van der Waals surface area contributed by atoms with Gasteiger partial charge in [0.1, 0.15) is 11.9 Å². The Morgan fingerprint density at radius 1 is 1.33 bits per heavy atom. The van der Waals surface area contributed by atoms with Gasteiger partial charge in [0.2, 0.25) is 5.91 Å². The van der Waals surface area contributed by atoms with Gasteiger partial charge in [-0.25, -0.2) is 4.98 Å². The maximum absolute atomic E-state index is 12.8. The molecule has 6 heteroatoms. The van der Waals surface area contributed by atoms with Crippen LogP contribution in [0.3, 0.4) is 0 Å². The molecule has 1 unspecified atom stereocenters. The Balaban J connectivity index is 1.41. The van der Waals surface area contributed by atoms with Crippen LogP contribution in [-0.2, 0) is 17.8 Å². The van der Waals surface area contributed by atoms with Crippen molar-refractivity contribution in [3.05, 3.63) is 45.8 Å². The van der Waals surface area contributed by atoms with Gasteiger partial charge < -0.3 is 9.80 Å². The Labute approximate surface area is 145 Å². The van der Waals surface area contributed by atoms with Gasteiger partial charge in [-0.05, 0) is 42.0 Å². The van der Waals surface area contributed by atoms with E-state index >= 15 is 0 Å². The van der Waals surface area contributed by atoms with Gasteiger partial charge in [-0.3, -0.25) is 4.79 Å². The molecule has 24 heavy (non-hydrogen) atoms. The zero-order valence-electron chi connectivity index (χ0n) is 13.3. The minimum Gasteiger partial charge on any atom is -0.356 e. The van der Waals surface area contributed by atoms with Gasteiger partial charge in [-0.2, -0.15) is 5.26 Å². The molecule has 4 rings (SSSR count). The van der Waals surface area contributed by atoms with E-state index < -0.39 is 0 Å². The number of nitrogens with zero attached hydrogens (tertiary/aromatic N) is 4. The summed E-state index contributed by atoms with van der Waals surface area (Å²) in [5.74, 6) is 1.16. The first-order chi connectivity index (χ1) is 11.7. The number of carbonyl (C=O) groups is 1. The van der Waals surface area contributed by atoms with E-state index in [0.29, 0.717) is 12.1 Å². The molecule has 2 aliphatic heterocycles. The fraction of sp³-hybridized carbons (Fsp3) is 0.389. The van der Waals surface area contributed by atoms with Crippen LogP contribution >= 0.6 is 11.3 Å². The first-order valence-corrected chi connectivity index (χ1v) is 9.07. The zero-order chi connectivity index (χ0) is 16.5. The molecule has 0 aliphatic carbocycles. The second-order valence-electron chi connectivity index (χ2n) is 6.33. The maximum Gasteiger partial charge on any atom is 0.227 e. The highest BCUT2D eigenvalue weighted by molar-refractivity contribution is 7.10. The van der Waals surface area contributed by atoms with Crippen LogP contribution in [0.5, 0.6) is 0 Å². The Hall–Kier alpha value is -2.39. The Bertz CT molecular complexity index is 792. The lowest BCUT2D eigenvalue weighted by Gasteiger charge is -2.29. The van der Waals surface area contributed by atoms with E-state index in [-0.39, 0.29) is 11.8 Å². The summed E-state index contributed by atoms with van der Waals surface area (Å²) in [6.07, 6.45) is 3.44. The van der Waals surface area contributed by atoms with Crippen molar-refractivity contribution in [1.82, 2.24) is 9.88 Å². The number of carbonyl (C=O) groups excluding carboxylic acids is 1. The summed E-state index contributed by atoms with van der Waals surface area (Å²) in [4.78, 5) is 22.8. The van der Waals surface area contributed by atoms with Gasteiger partial charge in [0.25, 0.3) is 0 Å². The highest BCUT2D eigenvalue weighted by atomic mass is 32.1. The second kappa shape index (κ2) is 6.25. The Kier molecular flexibility index (Phi) is 3.95. The lowest BCUT2D eigenvalue weighted by atomic mass is 10.0. The number of fused-ring (bicyclic) bond motifs is 1. The third kappa shape index (κ3) is 2.76.